The third-order valence-corrected chi connectivity index (χ3v) is 5.42. The second-order valence-electron chi connectivity index (χ2n) is 8.28. The van der Waals surface area contributed by atoms with Gasteiger partial charge in [-0.25, -0.2) is 8.78 Å². The predicted molar refractivity (Wildman–Crippen MR) is 111 cm³/mol. The zero-order valence-corrected chi connectivity index (χ0v) is 17.5. The molecule has 2 aromatic carbocycles. The number of hydrogen-bond donors (Lipinski definition) is 2. The molecule has 2 N–H and O–H groups in total. The Kier molecular flexibility index (Phi) is 7.02. The van der Waals surface area contributed by atoms with E-state index in [2.05, 4.69) is 12.2 Å². The third-order valence-electron chi connectivity index (χ3n) is 5.42. The molecule has 0 aliphatic carbocycles. The molecule has 0 radical (unpaired) electrons. The van der Waals surface area contributed by atoms with E-state index in [0.29, 0.717) is 32.3 Å². The first kappa shape index (κ1) is 22.0. The smallest absolute Gasteiger partial charge is 0.138 e. The molecule has 4 rings (SSSR count). The van der Waals surface area contributed by atoms with E-state index < -0.39 is 23.8 Å². The third kappa shape index (κ3) is 6.13. The lowest BCUT2D eigenvalue weighted by Gasteiger charge is -2.30. The van der Waals surface area contributed by atoms with Crippen LogP contribution < -0.4 is 14.8 Å². The zero-order chi connectivity index (χ0) is 21.8. The van der Waals surface area contributed by atoms with E-state index in [-0.39, 0.29) is 11.8 Å². The summed E-state index contributed by atoms with van der Waals surface area (Å²) in [6.07, 6.45) is -1.28. The van der Waals surface area contributed by atoms with E-state index in [0.717, 1.165) is 42.7 Å². The van der Waals surface area contributed by atoms with Gasteiger partial charge in [-0.1, -0.05) is 12.1 Å². The van der Waals surface area contributed by atoms with E-state index >= 15 is 0 Å². The van der Waals surface area contributed by atoms with Crippen molar-refractivity contribution in [2.24, 2.45) is 0 Å². The lowest BCUT2D eigenvalue weighted by Crippen LogP contribution is -2.51. The van der Waals surface area contributed by atoms with Crippen LogP contribution in [0, 0.1) is 11.6 Å². The van der Waals surface area contributed by atoms with Crippen LogP contribution in [-0.4, -0.2) is 67.2 Å². The first-order chi connectivity index (χ1) is 14.9. The van der Waals surface area contributed by atoms with E-state index in [1.54, 1.807) is 0 Å². The standard InChI is InChI=1S/C23H28F2N2O4/c1-15(26-19-13-29-14-19)12-30-20-4-2-16(3-5-20)9-27-10-22(28)23(11-27)31-21-7-17(24)6-18(25)8-21/h2-8,15,19,22-23,26,28H,9-14H2,1H3/t15-,22-,23-/m0/s1. The van der Waals surface area contributed by atoms with Gasteiger partial charge in [0.2, 0.25) is 0 Å². The summed E-state index contributed by atoms with van der Waals surface area (Å²) in [6, 6.07) is 11.5. The van der Waals surface area contributed by atoms with Crippen molar-refractivity contribution in [3.63, 3.8) is 0 Å². The van der Waals surface area contributed by atoms with Gasteiger partial charge in [0.15, 0.2) is 0 Å². The molecule has 31 heavy (non-hydrogen) atoms. The van der Waals surface area contributed by atoms with Crippen molar-refractivity contribution in [2.45, 2.75) is 37.8 Å². The number of benzene rings is 2. The molecule has 2 aromatic rings. The van der Waals surface area contributed by atoms with Crippen LogP contribution in [0.25, 0.3) is 0 Å². The van der Waals surface area contributed by atoms with Crippen molar-refractivity contribution in [1.82, 2.24) is 10.2 Å². The van der Waals surface area contributed by atoms with E-state index in [1.165, 1.54) is 0 Å². The summed E-state index contributed by atoms with van der Waals surface area (Å²) in [6.45, 7) is 5.70. The van der Waals surface area contributed by atoms with Gasteiger partial charge in [0.25, 0.3) is 0 Å². The average molecular weight is 434 g/mol. The molecule has 2 saturated heterocycles. The van der Waals surface area contributed by atoms with Crippen molar-refractivity contribution in [1.29, 1.82) is 0 Å². The minimum atomic E-state index is -0.732. The zero-order valence-electron chi connectivity index (χ0n) is 17.5. The van der Waals surface area contributed by atoms with Crippen LogP contribution in [0.3, 0.4) is 0 Å². The Morgan fingerprint density at radius 3 is 2.45 bits per heavy atom. The molecule has 0 aromatic heterocycles. The molecule has 0 spiro atoms. The SMILES string of the molecule is C[C@@H](COc1ccc(CN2C[C@H](Oc3cc(F)cc(F)c3)[C@@H](O)C2)cc1)NC1COC1. The Labute approximate surface area is 180 Å². The topological polar surface area (TPSA) is 63.2 Å². The van der Waals surface area contributed by atoms with Crippen molar-refractivity contribution in [2.75, 3.05) is 32.9 Å². The van der Waals surface area contributed by atoms with Gasteiger partial charge in [-0.15, -0.1) is 0 Å². The van der Waals surface area contributed by atoms with Crippen LogP contribution in [-0.2, 0) is 11.3 Å². The summed E-state index contributed by atoms with van der Waals surface area (Å²) in [5, 5.41) is 13.7. The number of hydrogen-bond acceptors (Lipinski definition) is 6. The molecule has 2 heterocycles. The summed E-state index contributed by atoms with van der Waals surface area (Å²) in [4.78, 5) is 2.05. The van der Waals surface area contributed by atoms with Crippen LogP contribution in [0.1, 0.15) is 12.5 Å². The number of β-amino-alcohol motifs (C(OH)–C–C–N with tert-alkyl or cyclic N) is 1. The minimum Gasteiger partial charge on any atom is -0.492 e. The van der Waals surface area contributed by atoms with Crippen LogP contribution >= 0.6 is 0 Å². The second-order valence-corrected chi connectivity index (χ2v) is 8.28. The van der Waals surface area contributed by atoms with Crippen molar-refractivity contribution >= 4 is 0 Å². The molecule has 168 valence electrons. The van der Waals surface area contributed by atoms with Gasteiger partial charge >= 0.3 is 0 Å². The van der Waals surface area contributed by atoms with Crippen molar-refractivity contribution in [3.05, 3.63) is 59.7 Å². The number of aliphatic hydroxyl groups is 1. The highest BCUT2D eigenvalue weighted by atomic mass is 19.1. The number of nitrogens with one attached hydrogen (secondary N) is 1. The molecule has 2 aliphatic heterocycles. The van der Waals surface area contributed by atoms with Crippen LogP contribution in [0.4, 0.5) is 8.78 Å². The normalized spacial score (nSPS) is 22.8. The first-order valence-corrected chi connectivity index (χ1v) is 10.5. The van der Waals surface area contributed by atoms with E-state index in [9.17, 15) is 13.9 Å². The average Bonchev–Trinajstić information content (AvgIpc) is 3.02. The van der Waals surface area contributed by atoms with Crippen LogP contribution in [0.2, 0.25) is 0 Å². The molecule has 8 heteroatoms. The molecule has 0 bridgehead atoms. The predicted octanol–water partition coefficient (Wildman–Crippen LogP) is 2.34. The highest BCUT2D eigenvalue weighted by Gasteiger charge is 2.33. The number of rotatable bonds is 9. The van der Waals surface area contributed by atoms with Crippen molar-refractivity contribution < 1.29 is 28.1 Å². The lowest BCUT2D eigenvalue weighted by molar-refractivity contribution is -0.0112. The molecule has 2 fully saturated rings. The fourth-order valence-electron chi connectivity index (χ4n) is 3.80. The van der Waals surface area contributed by atoms with Crippen LogP contribution in [0.15, 0.2) is 42.5 Å². The van der Waals surface area contributed by atoms with E-state index in [4.69, 9.17) is 14.2 Å². The maximum absolute atomic E-state index is 13.4. The van der Waals surface area contributed by atoms with Gasteiger partial charge in [-0.05, 0) is 24.6 Å². The molecule has 0 saturated carbocycles. The molecular formula is C23H28F2N2O4. The number of ether oxygens (including phenoxy) is 3. The lowest BCUT2D eigenvalue weighted by atomic mass is 10.2. The molecule has 0 amide bonds. The van der Waals surface area contributed by atoms with Gasteiger partial charge in [-0.2, -0.15) is 0 Å². The summed E-state index contributed by atoms with van der Waals surface area (Å²) < 4.78 is 43.3. The fourth-order valence-corrected chi connectivity index (χ4v) is 3.80. The Bertz CT molecular complexity index is 843. The highest BCUT2D eigenvalue weighted by Crippen LogP contribution is 2.23. The Balaban J connectivity index is 1.24. The summed E-state index contributed by atoms with van der Waals surface area (Å²) >= 11 is 0. The first-order valence-electron chi connectivity index (χ1n) is 10.5. The largest absolute Gasteiger partial charge is 0.492 e. The Morgan fingerprint density at radius 2 is 1.81 bits per heavy atom. The quantitative estimate of drug-likeness (QED) is 0.632. The van der Waals surface area contributed by atoms with Gasteiger partial charge in [0.05, 0.1) is 19.3 Å². The van der Waals surface area contributed by atoms with Gasteiger partial charge in [0.1, 0.15) is 41.9 Å². The number of nitrogens with zero attached hydrogens (tertiary/aromatic N) is 1. The van der Waals surface area contributed by atoms with Gasteiger partial charge < -0.3 is 24.6 Å². The molecule has 2 aliphatic rings. The van der Waals surface area contributed by atoms with Crippen molar-refractivity contribution in [3.8, 4) is 11.5 Å². The molecule has 0 unspecified atom stereocenters. The summed E-state index contributed by atoms with van der Waals surface area (Å²) in [7, 11) is 0. The monoisotopic (exact) mass is 434 g/mol. The van der Waals surface area contributed by atoms with Gasteiger partial charge in [-0.3, -0.25) is 4.90 Å². The van der Waals surface area contributed by atoms with Gasteiger partial charge in [0, 0.05) is 43.9 Å². The van der Waals surface area contributed by atoms with E-state index in [1.807, 2.05) is 29.2 Å². The second kappa shape index (κ2) is 9.91. The maximum Gasteiger partial charge on any atom is 0.138 e. The molecule has 3 atom stereocenters. The molecule has 6 nitrogen and oxygen atoms in total. The number of aliphatic hydroxyl groups excluding tert-OH is 1. The summed E-state index contributed by atoms with van der Waals surface area (Å²) in [5.41, 5.74) is 1.08. The Hall–Kier alpha value is -2.26. The minimum absolute atomic E-state index is 0.0819. The fraction of sp³-hybridized carbons (Fsp3) is 0.478. The Morgan fingerprint density at radius 1 is 1.10 bits per heavy atom. The maximum atomic E-state index is 13.4. The number of halogens is 2. The number of likely N-dealkylation sites (tertiary alicyclic amines) is 1. The van der Waals surface area contributed by atoms with Crippen LogP contribution in [0.5, 0.6) is 11.5 Å². The summed E-state index contributed by atoms with van der Waals surface area (Å²) in [5.74, 6) is -0.524. The highest BCUT2D eigenvalue weighted by molar-refractivity contribution is 5.28. The molecular weight excluding hydrogens is 406 g/mol.